The predicted molar refractivity (Wildman–Crippen MR) is 145 cm³/mol. The van der Waals surface area contributed by atoms with Crippen molar-refractivity contribution in [3.63, 3.8) is 0 Å². The van der Waals surface area contributed by atoms with E-state index in [1.54, 1.807) is 25.6 Å². The van der Waals surface area contributed by atoms with E-state index < -0.39 is 17.7 Å². The largest absolute Gasteiger partial charge is 0.491 e. The molecule has 210 valence electrons. The molecule has 0 aliphatic heterocycles. The van der Waals surface area contributed by atoms with Crippen molar-refractivity contribution >= 4 is 17.7 Å². The number of thioether (sulfide) groups is 1. The molecule has 1 aromatic rings. The van der Waals surface area contributed by atoms with Gasteiger partial charge in [0.2, 0.25) is 0 Å². The van der Waals surface area contributed by atoms with Crippen molar-refractivity contribution in [3.05, 3.63) is 64.8 Å². The molecule has 0 aromatic heterocycles. The Balaban J connectivity index is 0.00000165. The van der Waals surface area contributed by atoms with Crippen molar-refractivity contribution in [1.29, 1.82) is 0 Å². The minimum absolute atomic E-state index is 0.00828. The van der Waals surface area contributed by atoms with Gasteiger partial charge in [-0.05, 0) is 58.4 Å². The summed E-state index contributed by atoms with van der Waals surface area (Å²) in [4.78, 5) is 12.5. The lowest BCUT2D eigenvalue weighted by Crippen LogP contribution is -2.34. The van der Waals surface area contributed by atoms with Gasteiger partial charge >= 0.3 is 12.1 Å². The topological polar surface area (TPSA) is 65.0 Å². The van der Waals surface area contributed by atoms with Gasteiger partial charge in [0.1, 0.15) is 18.5 Å². The zero-order valence-electron chi connectivity index (χ0n) is 22.9. The molecule has 0 bridgehead atoms. The summed E-state index contributed by atoms with van der Waals surface area (Å²) in [5, 5.41) is 9.28. The highest BCUT2D eigenvalue weighted by Crippen LogP contribution is 2.28. The van der Waals surface area contributed by atoms with E-state index in [4.69, 9.17) is 14.2 Å². The lowest BCUT2D eigenvalue weighted by atomic mass is 10.1. The fraction of sp³-hybridized carbons (Fsp3) is 0.536. The molecule has 1 aromatic carbocycles. The average Bonchev–Trinajstić information content (AvgIpc) is 2.80. The van der Waals surface area contributed by atoms with Crippen LogP contribution in [-0.4, -0.2) is 47.9 Å². The Morgan fingerprint density at radius 3 is 2.24 bits per heavy atom. The van der Waals surface area contributed by atoms with E-state index in [1.165, 1.54) is 4.91 Å². The van der Waals surface area contributed by atoms with E-state index in [-0.39, 0.29) is 13.0 Å². The highest BCUT2D eigenvalue weighted by atomic mass is 32.2. The summed E-state index contributed by atoms with van der Waals surface area (Å²) < 4.78 is 48.5. The van der Waals surface area contributed by atoms with E-state index in [0.29, 0.717) is 31.8 Å². The summed E-state index contributed by atoms with van der Waals surface area (Å²) in [5.41, 5.74) is -0.120. The minimum Gasteiger partial charge on any atom is -0.491 e. The van der Waals surface area contributed by atoms with E-state index in [0.717, 1.165) is 17.1 Å². The number of alkyl halides is 3. The lowest BCUT2D eigenvalue weighted by Gasteiger charge is -2.24. The number of allylic oxidation sites excluding steroid dienone is 4. The SMILES string of the molecule is CC.CC(F)(F)F.CCOC(COc1ccccc1)CSC1=CC/C=C(/OC(C)(C)C(=O)O)C/C(C)=C\1. The highest BCUT2D eigenvalue weighted by Gasteiger charge is 2.30. The van der Waals surface area contributed by atoms with Crippen LogP contribution in [0.1, 0.15) is 61.3 Å². The number of benzene rings is 1. The molecule has 1 aliphatic rings. The maximum atomic E-state index is 11.3. The predicted octanol–water partition coefficient (Wildman–Crippen LogP) is 8.19. The second kappa shape index (κ2) is 18.0. The molecule has 1 aliphatic carbocycles. The molecule has 0 saturated heterocycles. The van der Waals surface area contributed by atoms with Crippen molar-refractivity contribution < 1.29 is 37.3 Å². The molecule has 0 radical (unpaired) electrons. The summed E-state index contributed by atoms with van der Waals surface area (Å²) in [6, 6.07) is 9.76. The number of hydrogen-bond acceptors (Lipinski definition) is 5. The summed E-state index contributed by atoms with van der Waals surface area (Å²) in [6.45, 7) is 12.5. The first kappa shape index (κ1) is 34.6. The van der Waals surface area contributed by atoms with E-state index in [9.17, 15) is 23.1 Å². The van der Waals surface area contributed by atoms with Crippen LogP contribution in [0.4, 0.5) is 13.2 Å². The van der Waals surface area contributed by atoms with Crippen LogP contribution in [0.15, 0.2) is 64.8 Å². The van der Waals surface area contributed by atoms with Crippen LogP contribution < -0.4 is 4.74 Å². The lowest BCUT2D eigenvalue weighted by molar-refractivity contribution is -0.157. The number of para-hydroxylation sites is 1. The number of rotatable bonds is 11. The van der Waals surface area contributed by atoms with Crippen molar-refractivity contribution in [2.45, 2.75) is 79.2 Å². The van der Waals surface area contributed by atoms with Crippen molar-refractivity contribution in [3.8, 4) is 5.75 Å². The van der Waals surface area contributed by atoms with Gasteiger partial charge in [-0.2, -0.15) is 13.2 Å². The monoisotopic (exact) mass is 546 g/mol. The Morgan fingerprint density at radius 2 is 1.70 bits per heavy atom. The molecular formula is C28H41F3O5S. The van der Waals surface area contributed by atoms with Crippen LogP contribution in [0, 0.1) is 0 Å². The molecular weight excluding hydrogens is 505 g/mol. The number of carbonyl (C=O) groups is 1. The third-order valence-electron chi connectivity index (χ3n) is 4.42. The maximum absolute atomic E-state index is 11.3. The van der Waals surface area contributed by atoms with Crippen molar-refractivity contribution in [2.24, 2.45) is 0 Å². The summed E-state index contributed by atoms with van der Waals surface area (Å²) >= 11 is 1.74. The Labute approximate surface area is 223 Å². The summed E-state index contributed by atoms with van der Waals surface area (Å²) in [5.74, 6) is 1.35. The van der Waals surface area contributed by atoms with Crippen LogP contribution in [0.3, 0.4) is 0 Å². The number of hydrogen-bond donors (Lipinski definition) is 1. The molecule has 1 N–H and O–H groups in total. The summed E-state index contributed by atoms with van der Waals surface area (Å²) in [6.07, 6.45) is 3.50. The van der Waals surface area contributed by atoms with Gasteiger partial charge in [-0.25, -0.2) is 4.79 Å². The van der Waals surface area contributed by atoms with Crippen LogP contribution >= 0.6 is 11.8 Å². The number of carboxylic acids is 1. The normalized spacial score (nSPS) is 17.4. The second-order valence-electron chi connectivity index (χ2n) is 8.39. The van der Waals surface area contributed by atoms with Gasteiger partial charge in [-0.15, -0.1) is 11.8 Å². The zero-order valence-corrected chi connectivity index (χ0v) is 23.7. The quantitative estimate of drug-likeness (QED) is 0.302. The van der Waals surface area contributed by atoms with E-state index in [1.807, 2.05) is 64.1 Å². The first-order valence-corrected chi connectivity index (χ1v) is 13.3. The molecule has 0 saturated carbocycles. The number of ether oxygens (including phenoxy) is 3. The van der Waals surface area contributed by atoms with Gasteiger partial charge in [0, 0.05) is 30.6 Å². The molecule has 0 amide bonds. The van der Waals surface area contributed by atoms with Crippen LogP contribution in [-0.2, 0) is 14.3 Å². The number of halogens is 3. The Morgan fingerprint density at radius 1 is 1.11 bits per heavy atom. The molecule has 9 heteroatoms. The smallest absolute Gasteiger partial charge is 0.386 e. The summed E-state index contributed by atoms with van der Waals surface area (Å²) in [7, 11) is 0. The molecule has 2 rings (SSSR count). The fourth-order valence-electron chi connectivity index (χ4n) is 2.83. The first-order valence-electron chi connectivity index (χ1n) is 12.3. The third-order valence-corrected chi connectivity index (χ3v) is 5.58. The van der Waals surface area contributed by atoms with Gasteiger partial charge in [-0.3, -0.25) is 0 Å². The Kier molecular flexibility index (Phi) is 16.8. The maximum Gasteiger partial charge on any atom is 0.386 e. The van der Waals surface area contributed by atoms with Gasteiger partial charge in [0.15, 0.2) is 5.60 Å². The van der Waals surface area contributed by atoms with Gasteiger partial charge in [-0.1, -0.05) is 43.7 Å². The zero-order chi connectivity index (χ0) is 28.5. The average molecular weight is 547 g/mol. The standard InChI is InChI=1S/C24H32O5S.C2H3F3.C2H6/c1-5-27-21(16-28-19-10-7-6-8-11-19)17-30-22-13-9-12-20(14-18(2)15-22)29-24(3,4)23(25)26;1-2(3,4)5;1-2/h6-8,10-13,15,21H,5,9,14,16-17H2,1-4H3,(H,25,26);1H3;1-2H3/b18-15-,20-12+,22-13?;;. The molecule has 37 heavy (non-hydrogen) atoms. The van der Waals surface area contributed by atoms with Crippen molar-refractivity contribution in [2.75, 3.05) is 19.0 Å². The van der Waals surface area contributed by atoms with Gasteiger partial charge in [0.05, 0.1) is 5.76 Å². The first-order chi connectivity index (χ1) is 17.3. The highest BCUT2D eigenvalue weighted by molar-refractivity contribution is 8.03. The van der Waals surface area contributed by atoms with E-state index in [2.05, 4.69) is 12.2 Å². The van der Waals surface area contributed by atoms with E-state index >= 15 is 0 Å². The van der Waals surface area contributed by atoms with Crippen LogP contribution in [0.5, 0.6) is 5.75 Å². The number of carboxylic acid groups (broad SMARTS) is 1. The molecule has 5 nitrogen and oxygen atoms in total. The molecule has 0 fully saturated rings. The second-order valence-corrected chi connectivity index (χ2v) is 9.48. The fourth-order valence-corrected chi connectivity index (χ4v) is 3.90. The Bertz CT molecular complexity index is 872. The van der Waals surface area contributed by atoms with Crippen LogP contribution in [0.2, 0.25) is 0 Å². The minimum atomic E-state index is -4.00. The van der Waals surface area contributed by atoms with Crippen LogP contribution in [0.25, 0.3) is 0 Å². The number of aliphatic carboxylic acids is 1. The van der Waals surface area contributed by atoms with Gasteiger partial charge < -0.3 is 19.3 Å². The van der Waals surface area contributed by atoms with Gasteiger partial charge in [0.25, 0.3) is 0 Å². The third kappa shape index (κ3) is 17.7. The molecule has 0 heterocycles. The molecule has 1 unspecified atom stereocenters. The Hall–Kier alpha value is -2.39. The van der Waals surface area contributed by atoms with Crippen molar-refractivity contribution in [1.82, 2.24) is 0 Å². The molecule has 1 atom stereocenters. The molecule has 0 spiro atoms.